The van der Waals surface area contributed by atoms with Gasteiger partial charge in [0, 0.05) is 20.0 Å². The maximum absolute atomic E-state index is 12.6. The van der Waals surface area contributed by atoms with Gasteiger partial charge in [-0.15, -0.1) is 6.58 Å². The Morgan fingerprint density at radius 1 is 1.27 bits per heavy atom. The first-order chi connectivity index (χ1) is 10.4. The summed E-state index contributed by atoms with van der Waals surface area (Å²) in [5, 5.41) is 0. The van der Waals surface area contributed by atoms with Crippen molar-refractivity contribution in [2.75, 3.05) is 19.7 Å². The number of ether oxygens (including phenoxy) is 1. The van der Waals surface area contributed by atoms with Crippen LogP contribution in [0.15, 0.2) is 59.5 Å². The van der Waals surface area contributed by atoms with Crippen LogP contribution >= 0.6 is 0 Å². The molecule has 0 unspecified atom stereocenters. The SMILES string of the molecule is C=CCN(C/C(C)=C/COC(C)=O)S(=O)(=O)c1ccccc1. The van der Waals surface area contributed by atoms with Crippen LogP contribution in [0.4, 0.5) is 0 Å². The lowest BCUT2D eigenvalue weighted by atomic mass is 10.3. The minimum atomic E-state index is -3.59. The lowest BCUT2D eigenvalue weighted by molar-refractivity contribution is -0.139. The second-order valence-electron chi connectivity index (χ2n) is 4.75. The van der Waals surface area contributed by atoms with E-state index in [1.807, 2.05) is 0 Å². The largest absolute Gasteiger partial charge is 0.462 e. The Hall–Kier alpha value is -1.92. The van der Waals surface area contributed by atoms with Crippen LogP contribution in [0.3, 0.4) is 0 Å². The Balaban J connectivity index is 2.89. The third-order valence-corrected chi connectivity index (χ3v) is 4.68. The molecule has 1 aromatic carbocycles. The fraction of sp³-hybridized carbons (Fsp3) is 0.312. The molecular formula is C16H21NO4S. The summed E-state index contributed by atoms with van der Waals surface area (Å²) in [6, 6.07) is 8.25. The van der Waals surface area contributed by atoms with E-state index in [2.05, 4.69) is 6.58 Å². The van der Waals surface area contributed by atoms with Crippen LogP contribution in [0.25, 0.3) is 0 Å². The van der Waals surface area contributed by atoms with Gasteiger partial charge in [-0.05, 0) is 25.1 Å². The number of benzene rings is 1. The molecule has 0 saturated carbocycles. The molecule has 0 fully saturated rings. The van der Waals surface area contributed by atoms with Gasteiger partial charge in [-0.25, -0.2) is 8.42 Å². The van der Waals surface area contributed by atoms with Gasteiger partial charge in [-0.2, -0.15) is 4.31 Å². The van der Waals surface area contributed by atoms with Gasteiger partial charge in [0.25, 0.3) is 0 Å². The minimum absolute atomic E-state index is 0.133. The van der Waals surface area contributed by atoms with Crippen LogP contribution in [0.1, 0.15) is 13.8 Å². The maximum Gasteiger partial charge on any atom is 0.302 e. The van der Waals surface area contributed by atoms with E-state index in [-0.39, 0.29) is 30.6 Å². The molecule has 1 aromatic rings. The highest BCUT2D eigenvalue weighted by atomic mass is 32.2. The number of nitrogens with zero attached hydrogens (tertiary/aromatic N) is 1. The minimum Gasteiger partial charge on any atom is -0.462 e. The van der Waals surface area contributed by atoms with Crippen LogP contribution in [-0.2, 0) is 19.6 Å². The molecule has 0 bridgehead atoms. The van der Waals surface area contributed by atoms with Crippen molar-refractivity contribution in [3.05, 3.63) is 54.6 Å². The highest BCUT2D eigenvalue weighted by Gasteiger charge is 2.23. The van der Waals surface area contributed by atoms with E-state index >= 15 is 0 Å². The first-order valence-electron chi connectivity index (χ1n) is 6.83. The topological polar surface area (TPSA) is 63.7 Å². The van der Waals surface area contributed by atoms with Gasteiger partial charge in [0.05, 0.1) is 4.90 Å². The summed E-state index contributed by atoms with van der Waals surface area (Å²) in [6.45, 7) is 7.27. The van der Waals surface area contributed by atoms with Gasteiger partial charge in [0.15, 0.2) is 0 Å². The van der Waals surface area contributed by atoms with E-state index in [9.17, 15) is 13.2 Å². The smallest absolute Gasteiger partial charge is 0.302 e. The van der Waals surface area contributed by atoms with Crippen LogP contribution in [0, 0.1) is 0 Å². The van der Waals surface area contributed by atoms with E-state index in [0.717, 1.165) is 5.57 Å². The Morgan fingerprint density at radius 2 is 1.91 bits per heavy atom. The summed E-state index contributed by atoms with van der Waals surface area (Å²) in [5.41, 5.74) is 0.794. The molecule has 1 rings (SSSR count). The number of sulfonamides is 1. The standard InChI is InChI=1S/C16H21NO4S/c1-4-11-17(13-14(2)10-12-21-15(3)18)22(19,20)16-8-6-5-7-9-16/h4-10H,1,11-13H2,2-3H3/b14-10+. The normalized spacial score (nSPS) is 12.2. The summed E-state index contributed by atoms with van der Waals surface area (Å²) in [4.78, 5) is 11.0. The molecule has 0 heterocycles. The van der Waals surface area contributed by atoms with Crippen molar-refractivity contribution in [3.63, 3.8) is 0 Å². The van der Waals surface area contributed by atoms with Crippen molar-refractivity contribution in [2.45, 2.75) is 18.7 Å². The predicted molar refractivity (Wildman–Crippen MR) is 85.8 cm³/mol. The molecule has 0 saturated heterocycles. The lowest BCUT2D eigenvalue weighted by Gasteiger charge is -2.21. The average molecular weight is 323 g/mol. The number of carbonyl (C=O) groups is 1. The van der Waals surface area contributed by atoms with Crippen LogP contribution in [0.5, 0.6) is 0 Å². The van der Waals surface area contributed by atoms with Gasteiger partial charge >= 0.3 is 5.97 Å². The number of rotatable bonds is 8. The number of hydrogen-bond donors (Lipinski definition) is 0. The van der Waals surface area contributed by atoms with Crippen molar-refractivity contribution >= 4 is 16.0 Å². The molecule has 5 nitrogen and oxygen atoms in total. The second-order valence-corrected chi connectivity index (χ2v) is 6.69. The van der Waals surface area contributed by atoms with Gasteiger partial charge in [-0.3, -0.25) is 4.79 Å². The average Bonchev–Trinajstić information content (AvgIpc) is 2.47. The molecule has 0 radical (unpaired) electrons. The van der Waals surface area contributed by atoms with Crippen LogP contribution < -0.4 is 0 Å². The second kappa shape index (κ2) is 8.51. The quantitative estimate of drug-likeness (QED) is 0.544. The highest BCUT2D eigenvalue weighted by Crippen LogP contribution is 2.16. The van der Waals surface area contributed by atoms with Crippen molar-refractivity contribution in [3.8, 4) is 0 Å². The summed E-state index contributed by atoms with van der Waals surface area (Å²) in [6.07, 6.45) is 3.23. The van der Waals surface area contributed by atoms with Crippen LogP contribution in [0.2, 0.25) is 0 Å². The fourth-order valence-electron chi connectivity index (χ4n) is 1.78. The molecule has 0 atom stereocenters. The highest BCUT2D eigenvalue weighted by molar-refractivity contribution is 7.89. The Morgan fingerprint density at radius 3 is 2.45 bits per heavy atom. The summed E-state index contributed by atoms with van der Waals surface area (Å²) >= 11 is 0. The first kappa shape index (κ1) is 18.1. The zero-order valence-electron chi connectivity index (χ0n) is 12.9. The summed E-state index contributed by atoms with van der Waals surface area (Å²) in [5.74, 6) is -0.371. The fourth-order valence-corrected chi connectivity index (χ4v) is 3.25. The van der Waals surface area contributed by atoms with Crippen molar-refractivity contribution in [2.24, 2.45) is 0 Å². The molecule has 22 heavy (non-hydrogen) atoms. The Labute approximate surface area is 131 Å². The van der Waals surface area contributed by atoms with Gasteiger partial charge in [-0.1, -0.05) is 29.8 Å². The molecule has 0 amide bonds. The van der Waals surface area contributed by atoms with Gasteiger partial charge in [0.1, 0.15) is 6.61 Å². The van der Waals surface area contributed by atoms with Crippen molar-refractivity contribution < 1.29 is 17.9 Å². The molecule has 0 aliphatic carbocycles. The maximum atomic E-state index is 12.6. The van der Waals surface area contributed by atoms with E-state index in [1.54, 1.807) is 49.4 Å². The monoisotopic (exact) mass is 323 g/mol. The zero-order chi connectivity index (χ0) is 16.6. The number of carbonyl (C=O) groups excluding carboxylic acids is 1. The Kier molecular flexibility index (Phi) is 7.01. The van der Waals surface area contributed by atoms with E-state index in [0.29, 0.717) is 0 Å². The van der Waals surface area contributed by atoms with Crippen molar-refractivity contribution in [1.29, 1.82) is 0 Å². The molecule has 0 aromatic heterocycles. The first-order valence-corrected chi connectivity index (χ1v) is 8.27. The lowest BCUT2D eigenvalue weighted by Crippen LogP contribution is -2.32. The van der Waals surface area contributed by atoms with Gasteiger partial charge in [0.2, 0.25) is 10.0 Å². The molecule has 0 aliphatic rings. The molecule has 120 valence electrons. The third-order valence-electron chi connectivity index (χ3n) is 2.86. The zero-order valence-corrected chi connectivity index (χ0v) is 13.7. The predicted octanol–water partition coefficient (Wildman–Crippen LogP) is 2.37. The Bertz CT molecular complexity index is 635. The third kappa shape index (κ3) is 5.46. The molecule has 6 heteroatoms. The van der Waals surface area contributed by atoms with E-state index in [1.165, 1.54) is 11.2 Å². The molecular weight excluding hydrogens is 302 g/mol. The molecule has 0 spiro atoms. The van der Waals surface area contributed by atoms with E-state index < -0.39 is 10.0 Å². The molecule has 0 N–H and O–H groups in total. The number of esters is 1. The van der Waals surface area contributed by atoms with Gasteiger partial charge < -0.3 is 4.74 Å². The van der Waals surface area contributed by atoms with E-state index in [4.69, 9.17) is 4.74 Å². The summed E-state index contributed by atoms with van der Waals surface area (Å²) < 4.78 is 31.4. The van der Waals surface area contributed by atoms with Crippen molar-refractivity contribution in [1.82, 2.24) is 4.31 Å². The number of hydrogen-bond acceptors (Lipinski definition) is 4. The molecule has 0 aliphatic heterocycles. The summed E-state index contributed by atoms with van der Waals surface area (Å²) in [7, 11) is -3.59. The van der Waals surface area contributed by atoms with Crippen LogP contribution in [-0.4, -0.2) is 38.4 Å².